The van der Waals surface area contributed by atoms with Crippen molar-refractivity contribution in [2.45, 2.75) is 57.4 Å². The van der Waals surface area contributed by atoms with Gasteiger partial charge in [-0.1, -0.05) is 59.6 Å². The summed E-state index contributed by atoms with van der Waals surface area (Å²) in [4.78, 5) is 27.7. The Morgan fingerprint density at radius 3 is 2.12 bits per heavy atom. The van der Waals surface area contributed by atoms with Crippen LogP contribution >= 0.6 is 11.6 Å². The zero-order valence-electron chi connectivity index (χ0n) is 22.9. The van der Waals surface area contributed by atoms with E-state index in [1.165, 1.54) is 36.1 Å². The lowest BCUT2D eigenvalue weighted by molar-refractivity contribution is -0.139. The van der Waals surface area contributed by atoms with E-state index in [9.17, 15) is 31.2 Å². The Morgan fingerprint density at radius 2 is 1.56 bits per heavy atom. The number of rotatable bonds is 10. The van der Waals surface area contributed by atoms with Gasteiger partial charge < -0.3 is 10.2 Å². The molecule has 220 valence electrons. The number of nitrogens with one attached hydrogen (secondary N) is 1. The Balaban J connectivity index is 2.11. The first kappa shape index (κ1) is 32.0. The number of halogens is 4. The van der Waals surface area contributed by atoms with E-state index < -0.39 is 56.9 Å². The maximum atomic E-state index is 13.8. The van der Waals surface area contributed by atoms with Crippen molar-refractivity contribution in [1.29, 1.82) is 0 Å². The highest BCUT2D eigenvalue weighted by molar-refractivity contribution is 7.92. The number of nitrogens with zero attached hydrogens (tertiary/aromatic N) is 2. The van der Waals surface area contributed by atoms with Crippen LogP contribution in [0.15, 0.2) is 77.7 Å². The first-order valence-electron chi connectivity index (χ1n) is 12.7. The first-order valence-corrected chi connectivity index (χ1v) is 14.5. The summed E-state index contributed by atoms with van der Waals surface area (Å²) in [6, 6.07) is 15.8. The van der Waals surface area contributed by atoms with Crippen LogP contribution < -0.4 is 9.62 Å². The minimum atomic E-state index is -4.88. The lowest BCUT2D eigenvalue weighted by Crippen LogP contribution is -2.52. The molecule has 0 unspecified atom stereocenters. The Morgan fingerprint density at radius 1 is 0.951 bits per heavy atom. The molecule has 0 heterocycles. The molecule has 3 rings (SSSR count). The van der Waals surface area contributed by atoms with Gasteiger partial charge in [0.15, 0.2) is 0 Å². The zero-order valence-corrected chi connectivity index (χ0v) is 24.5. The van der Waals surface area contributed by atoms with Crippen LogP contribution in [0.1, 0.15) is 37.5 Å². The number of hydrogen-bond acceptors (Lipinski definition) is 4. The fourth-order valence-corrected chi connectivity index (χ4v) is 5.65. The molecule has 3 aromatic carbocycles. The Kier molecular flexibility index (Phi) is 10.1. The summed E-state index contributed by atoms with van der Waals surface area (Å²) in [5, 5.41) is 2.12. The second-order valence-electron chi connectivity index (χ2n) is 9.83. The quantitative estimate of drug-likeness (QED) is 0.315. The molecule has 12 heteroatoms. The Hall–Kier alpha value is -3.57. The number of carbonyl (C=O) groups excluding carboxylic acids is 2. The molecular weight excluding hydrogens is 579 g/mol. The zero-order chi connectivity index (χ0) is 30.5. The van der Waals surface area contributed by atoms with Gasteiger partial charge in [-0.3, -0.25) is 13.9 Å². The van der Waals surface area contributed by atoms with Gasteiger partial charge >= 0.3 is 6.18 Å². The van der Waals surface area contributed by atoms with Crippen molar-refractivity contribution in [3.63, 3.8) is 0 Å². The third kappa shape index (κ3) is 8.01. The van der Waals surface area contributed by atoms with Crippen LogP contribution in [0.2, 0.25) is 5.02 Å². The van der Waals surface area contributed by atoms with Gasteiger partial charge in [-0.05, 0) is 63.6 Å². The smallest absolute Gasteiger partial charge is 0.352 e. The van der Waals surface area contributed by atoms with Crippen LogP contribution in [0.4, 0.5) is 18.9 Å². The lowest BCUT2D eigenvalue weighted by atomic mass is 10.1. The second-order valence-corrected chi connectivity index (χ2v) is 12.1. The lowest BCUT2D eigenvalue weighted by Gasteiger charge is -2.32. The molecule has 0 fully saturated rings. The highest BCUT2D eigenvalue weighted by Gasteiger charge is 2.37. The van der Waals surface area contributed by atoms with Gasteiger partial charge in [-0.2, -0.15) is 13.2 Å². The van der Waals surface area contributed by atoms with Crippen molar-refractivity contribution < 1.29 is 31.2 Å². The molecule has 0 aliphatic rings. The average molecular weight is 610 g/mol. The maximum Gasteiger partial charge on any atom is 0.417 e. The number of carbonyl (C=O) groups is 2. The van der Waals surface area contributed by atoms with Crippen LogP contribution in [0.5, 0.6) is 0 Å². The van der Waals surface area contributed by atoms with Gasteiger partial charge in [0.1, 0.15) is 12.6 Å². The van der Waals surface area contributed by atoms with E-state index in [1.54, 1.807) is 51.1 Å². The number of alkyl halides is 3. The van der Waals surface area contributed by atoms with E-state index in [2.05, 4.69) is 5.32 Å². The Labute approximate surface area is 243 Å². The highest BCUT2D eigenvalue weighted by Crippen LogP contribution is 2.38. The van der Waals surface area contributed by atoms with Gasteiger partial charge in [0.05, 0.1) is 21.2 Å². The molecule has 1 N–H and O–H groups in total. The van der Waals surface area contributed by atoms with Crippen LogP contribution in [-0.4, -0.2) is 43.8 Å². The second kappa shape index (κ2) is 12.9. The normalized spacial score (nSPS) is 12.6. The Bertz CT molecular complexity index is 1480. The molecule has 0 aliphatic carbocycles. The number of aryl methyl sites for hydroxylation is 1. The molecule has 0 aromatic heterocycles. The number of sulfonamides is 1. The summed E-state index contributed by atoms with van der Waals surface area (Å²) in [7, 11) is -4.54. The molecule has 0 spiro atoms. The molecule has 0 saturated carbocycles. The maximum absolute atomic E-state index is 13.8. The molecular formula is C29H31ClF3N3O4S. The molecule has 7 nitrogen and oxygen atoms in total. The van der Waals surface area contributed by atoms with Gasteiger partial charge in [-0.15, -0.1) is 0 Å². The summed E-state index contributed by atoms with van der Waals surface area (Å²) in [5.41, 5.74) is -0.228. The first-order chi connectivity index (χ1) is 19.1. The van der Waals surface area contributed by atoms with Crippen molar-refractivity contribution in [2.24, 2.45) is 0 Å². The van der Waals surface area contributed by atoms with E-state index in [4.69, 9.17) is 11.6 Å². The molecule has 1 atom stereocenters. The van der Waals surface area contributed by atoms with Crippen molar-refractivity contribution in [3.8, 4) is 0 Å². The third-order valence-corrected chi connectivity index (χ3v) is 8.34. The summed E-state index contributed by atoms with van der Waals surface area (Å²) < 4.78 is 69.4. The summed E-state index contributed by atoms with van der Waals surface area (Å²) in [6.45, 7) is 5.84. The topological polar surface area (TPSA) is 86.8 Å². The fourth-order valence-electron chi connectivity index (χ4n) is 4.02. The SMILES string of the molecule is Cc1ccc(S(=O)(=O)N(CC(=O)N(Cc2ccccc2)[C@H](C)C(=O)NC(C)C)c2ccc(Cl)c(C(F)(F)F)c2)cc1. The molecule has 3 aromatic rings. The summed E-state index contributed by atoms with van der Waals surface area (Å²) in [5.74, 6) is -1.26. The van der Waals surface area contributed by atoms with E-state index in [0.717, 1.165) is 17.7 Å². The fraction of sp³-hybridized carbons (Fsp3) is 0.310. The largest absolute Gasteiger partial charge is 0.417 e. The molecule has 2 amide bonds. The minimum Gasteiger partial charge on any atom is -0.352 e. The van der Waals surface area contributed by atoms with Crippen LogP contribution in [0.3, 0.4) is 0 Å². The van der Waals surface area contributed by atoms with Gasteiger partial charge in [0.2, 0.25) is 11.8 Å². The monoisotopic (exact) mass is 609 g/mol. The standard InChI is InChI=1S/C29H31ClF3N3O4S/c1-19(2)34-28(38)21(4)35(17-22-8-6-5-7-9-22)27(37)18-36(41(39,40)24-13-10-20(3)11-14-24)23-12-15-26(30)25(16-23)29(31,32)33/h5-16,19,21H,17-18H2,1-4H3,(H,34,38)/t21-/m1/s1. The van der Waals surface area contributed by atoms with Crippen LogP contribution in [0.25, 0.3) is 0 Å². The number of amides is 2. The number of benzene rings is 3. The van der Waals surface area contributed by atoms with Gasteiger partial charge in [0.25, 0.3) is 10.0 Å². The third-order valence-electron chi connectivity index (χ3n) is 6.23. The van der Waals surface area contributed by atoms with E-state index >= 15 is 0 Å². The molecule has 0 aliphatic heterocycles. The summed E-state index contributed by atoms with van der Waals surface area (Å²) in [6.07, 6.45) is -4.88. The van der Waals surface area contributed by atoms with Crippen molar-refractivity contribution in [3.05, 3.63) is 94.5 Å². The minimum absolute atomic E-state index is 0.0425. The van der Waals surface area contributed by atoms with Crippen LogP contribution in [-0.2, 0) is 32.3 Å². The number of hydrogen-bond donors (Lipinski definition) is 1. The molecule has 0 bridgehead atoms. The highest BCUT2D eigenvalue weighted by atomic mass is 35.5. The number of anilines is 1. The predicted molar refractivity (Wildman–Crippen MR) is 152 cm³/mol. The predicted octanol–water partition coefficient (Wildman–Crippen LogP) is 5.80. The molecule has 0 radical (unpaired) electrons. The van der Waals surface area contributed by atoms with Crippen molar-refractivity contribution in [2.75, 3.05) is 10.8 Å². The van der Waals surface area contributed by atoms with Gasteiger partial charge in [-0.25, -0.2) is 8.42 Å². The van der Waals surface area contributed by atoms with Gasteiger partial charge in [0, 0.05) is 12.6 Å². The van der Waals surface area contributed by atoms with Crippen molar-refractivity contribution in [1.82, 2.24) is 10.2 Å². The molecule has 0 saturated heterocycles. The van der Waals surface area contributed by atoms with Crippen LogP contribution in [0, 0.1) is 6.92 Å². The summed E-state index contributed by atoms with van der Waals surface area (Å²) >= 11 is 5.79. The van der Waals surface area contributed by atoms with E-state index in [-0.39, 0.29) is 17.5 Å². The average Bonchev–Trinajstić information content (AvgIpc) is 2.90. The van der Waals surface area contributed by atoms with E-state index in [1.807, 2.05) is 0 Å². The van der Waals surface area contributed by atoms with E-state index in [0.29, 0.717) is 15.9 Å². The van der Waals surface area contributed by atoms with Crippen molar-refractivity contribution >= 4 is 39.1 Å². The molecule has 41 heavy (non-hydrogen) atoms.